The van der Waals surface area contributed by atoms with Crippen LogP contribution in [-0.4, -0.2) is 23.3 Å². The number of benzene rings is 1. The Hall–Kier alpha value is -2.95. The number of amides is 2. The number of allylic oxidation sites excluding steroid dienone is 1. The summed E-state index contributed by atoms with van der Waals surface area (Å²) in [5, 5.41) is 5.80. The van der Waals surface area contributed by atoms with Crippen molar-refractivity contribution < 1.29 is 9.59 Å². The van der Waals surface area contributed by atoms with Crippen LogP contribution in [0.15, 0.2) is 60.4 Å². The van der Waals surface area contributed by atoms with Gasteiger partial charge in [-0.05, 0) is 61.9 Å². The SMILES string of the molecule is O=C(NCCC1=CCCCC1)c1cccc(C(=O)NCc2cccnc2)c1. The van der Waals surface area contributed by atoms with Crippen LogP contribution in [0.2, 0.25) is 0 Å². The van der Waals surface area contributed by atoms with E-state index in [0.717, 1.165) is 24.8 Å². The Balaban J connectivity index is 1.51. The molecule has 1 aliphatic carbocycles. The summed E-state index contributed by atoms with van der Waals surface area (Å²) in [6, 6.07) is 10.5. The first kappa shape index (κ1) is 18.8. The maximum absolute atomic E-state index is 12.4. The van der Waals surface area contributed by atoms with Gasteiger partial charge < -0.3 is 10.6 Å². The zero-order valence-corrected chi connectivity index (χ0v) is 15.4. The van der Waals surface area contributed by atoms with Crippen molar-refractivity contribution in [3.63, 3.8) is 0 Å². The third-order valence-electron chi connectivity index (χ3n) is 4.68. The summed E-state index contributed by atoms with van der Waals surface area (Å²) < 4.78 is 0. The molecule has 1 heterocycles. The van der Waals surface area contributed by atoms with Crippen molar-refractivity contribution in [3.05, 3.63) is 77.1 Å². The molecule has 0 fully saturated rings. The highest BCUT2D eigenvalue weighted by molar-refractivity contribution is 5.99. The summed E-state index contributed by atoms with van der Waals surface area (Å²) in [5.74, 6) is -0.353. The van der Waals surface area contributed by atoms with Crippen molar-refractivity contribution in [1.29, 1.82) is 0 Å². The minimum Gasteiger partial charge on any atom is -0.352 e. The van der Waals surface area contributed by atoms with Crippen LogP contribution >= 0.6 is 0 Å². The van der Waals surface area contributed by atoms with E-state index in [1.807, 2.05) is 12.1 Å². The van der Waals surface area contributed by atoms with Crippen LogP contribution < -0.4 is 10.6 Å². The number of nitrogens with one attached hydrogen (secondary N) is 2. The number of hydrogen-bond acceptors (Lipinski definition) is 3. The third kappa shape index (κ3) is 5.78. The van der Waals surface area contributed by atoms with Crippen molar-refractivity contribution in [2.24, 2.45) is 0 Å². The van der Waals surface area contributed by atoms with E-state index in [4.69, 9.17) is 0 Å². The second kappa shape index (κ2) is 9.67. The van der Waals surface area contributed by atoms with Gasteiger partial charge in [-0.1, -0.05) is 23.8 Å². The number of pyridine rings is 1. The lowest BCUT2D eigenvalue weighted by Crippen LogP contribution is -2.26. The predicted octanol–water partition coefficient (Wildman–Crippen LogP) is 3.63. The molecule has 0 bridgehead atoms. The molecule has 140 valence electrons. The topological polar surface area (TPSA) is 71.1 Å². The Morgan fingerprint density at radius 1 is 1.00 bits per heavy atom. The molecular weight excluding hydrogens is 338 g/mol. The monoisotopic (exact) mass is 363 g/mol. The number of rotatable bonds is 7. The van der Waals surface area contributed by atoms with Crippen LogP contribution in [0.1, 0.15) is 58.4 Å². The minimum absolute atomic E-state index is 0.145. The minimum atomic E-state index is -0.208. The molecule has 0 aliphatic heterocycles. The Kier molecular flexibility index (Phi) is 6.74. The normalized spacial score (nSPS) is 13.6. The van der Waals surface area contributed by atoms with Gasteiger partial charge in [-0.2, -0.15) is 0 Å². The third-order valence-corrected chi connectivity index (χ3v) is 4.68. The lowest BCUT2D eigenvalue weighted by Gasteiger charge is -2.13. The van der Waals surface area contributed by atoms with Crippen LogP contribution in [0.4, 0.5) is 0 Å². The fourth-order valence-electron chi connectivity index (χ4n) is 3.16. The summed E-state index contributed by atoms with van der Waals surface area (Å²) in [6.45, 7) is 1.03. The molecule has 0 atom stereocenters. The summed E-state index contributed by atoms with van der Waals surface area (Å²) in [4.78, 5) is 28.7. The molecule has 5 heteroatoms. The van der Waals surface area contributed by atoms with Gasteiger partial charge in [0, 0.05) is 36.6 Å². The molecular formula is C22H25N3O2. The number of hydrogen-bond donors (Lipinski definition) is 2. The van der Waals surface area contributed by atoms with Crippen molar-refractivity contribution >= 4 is 11.8 Å². The van der Waals surface area contributed by atoms with Crippen LogP contribution in [0.3, 0.4) is 0 Å². The Morgan fingerprint density at radius 3 is 2.52 bits per heavy atom. The van der Waals surface area contributed by atoms with E-state index in [2.05, 4.69) is 21.7 Å². The highest BCUT2D eigenvalue weighted by Gasteiger charge is 2.11. The van der Waals surface area contributed by atoms with Gasteiger partial charge in [0.05, 0.1) is 0 Å². The molecule has 1 aliphatic rings. The number of aromatic nitrogens is 1. The lowest BCUT2D eigenvalue weighted by atomic mass is 9.97. The molecule has 3 rings (SSSR count). The molecule has 0 saturated carbocycles. The summed E-state index contributed by atoms with van der Waals surface area (Å²) in [7, 11) is 0. The highest BCUT2D eigenvalue weighted by Crippen LogP contribution is 2.19. The standard InChI is InChI=1S/C22H25N3O2/c26-21(24-13-11-17-6-2-1-3-7-17)19-9-4-10-20(14-19)22(27)25-16-18-8-5-12-23-15-18/h4-6,8-10,12,14-15H,1-3,7,11,13,16H2,(H,24,26)(H,25,27). The van der Waals surface area contributed by atoms with Gasteiger partial charge in [0.1, 0.15) is 0 Å². The van der Waals surface area contributed by atoms with Crippen molar-refractivity contribution in [2.75, 3.05) is 6.54 Å². The molecule has 2 N–H and O–H groups in total. The van der Waals surface area contributed by atoms with Gasteiger partial charge in [0.15, 0.2) is 0 Å². The van der Waals surface area contributed by atoms with Gasteiger partial charge in [0.25, 0.3) is 11.8 Å². The molecule has 0 spiro atoms. The largest absolute Gasteiger partial charge is 0.352 e. The van der Waals surface area contributed by atoms with Crippen LogP contribution in [-0.2, 0) is 6.54 Å². The van der Waals surface area contributed by atoms with Gasteiger partial charge in [-0.3, -0.25) is 14.6 Å². The van der Waals surface area contributed by atoms with E-state index in [1.54, 1.807) is 36.7 Å². The van der Waals surface area contributed by atoms with Gasteiger partial charge in [-0.25, -0.2) is 0 Å². The van der Waals surface area contributed by atoms with Crippen molar-refractivity contribution in [2.45, 2.75) is 38.6 Å². The van der Waals surface area contributed by atoms with Crippen LogP contribution in [0.25, 0.3) is 0 Å². The van der Waals surface area contributed by atoms with Gasteiger partial charge in [-0.15, -0.1) is 0 Å². The molecule has 2 amide bonds. The Morgan fingerprint density at radius 2 is 1.81 bits per heavy atom. The quantitative estimate of drug-likeness (QED) is 0.738. The second-order valence-electron chi connectivity index (χ2n) is 6.74. The summed E-state index contributed by atoms with van der Waals surface area (Å²) in [5.41, 5.74) is 3.34. The molecule has 27 heavy (non-hydrogen) atoms. The molecule has 0 radical (unpaired) electrons. The number of carbonyl (C=O) groups is 2. The molecule has 2 aromatic rings. The van der Waals surface area contributed by atoms with E-state index in [0.29, 0.717) is 24.2 Å². The van der Waals surface area contributed by atoms with E-state index in [9.17, 15) is 9.59 Å². The van der Waals surface area contributed by atoms with Gasteiger partial charge >= 0.3 is 0 Å². The first-order valence-electron chi connectivity index (χ1n) is 9.45. The summed E-state index contributed by atoms with van der Waals surface area (Å²) >= 11 is 0. The average molecular weight is 363 g/mol. The van der Waals surface area contributed by atoms with E-state index in [-0.39, 0.29) is 11.8 Å². The molecule has 0 saturated heterocycles. The molecule has 0 unspecified atom stereocenters. The van der Waals surface area contributed by atoms with E-state index >= 15 is 0 Å². The maximum atomic E-state index is 12.4. The molecule has 5 nitrogen and oxygen atoms in total. The van der Waals surface area contributed by atoms with Crippen molar-refractivity contribution in [3.8, 4) is 0 Å². The number of carbonyl (C=O) groups excluding carboxylic acids is 2. The smallest absolute Gasteiger partial charge is 0.251 e. The second-order valence-corrected chi connectivity index (χ2v) is 6.74. The summed E-state index contributed by atoms with van der Waals surface area (Å²) in [6.07, 6.45) is 11.4. The van der Waals surface area contributed by atoms with Gasteiger partial charge in [0.2, 0.25) is 0 Å². The van der Waals surface area contributed by atoms with Crippen molar-refractivity contribution in [1.82, 2.24) is 15.6 Å². The maximum Gasteiger partial charge on any atom is 0.251 e. The van der Waals surface area contributed by atoms with E-state index in [1.165, 1.54) is 18.4 Å². The molecule has 1 aromatic carbocycles. The first-order chi connectivity index (χ1) is 13.2. The average Bonchev–Trinajstić information content (AvgIpc) is 2.73. The Labute approximate surface area is 159 Å². The lowest BCUT2D eigenvalue weighted by molar-refractivity contribution is 0.0950. The predicted molar refractivity (Wildman–Crippen MR) is 105 cm³/mol. The zero-order chi connectivity index (χ0) is 18.9. The fourth-order valence-corrected chi connectivity index (χ4v) is 3.16. The van der Waals surface area contributed by atoms with Crippen LogP contribution in [0, 0.1) is 0 Å². The number of nitrogens with zero attached hydrogens (tertiary/aromatic N) is 1. The Bertz CT molecular complexity index is 815. The molecule has 1 aromatic heterocycles. The first-order valence-corrected chi connectivity index (χ1v) is 9.45. The highest BCUT2D eigenvalue weighted by atomic mass is 16.2. The van der Waals surface area contributed by atoms with E-state index < -0.39 is 0 Å². The van der Waals surface area contributed by atoms with Crippen LogP contribution in [0.5, 0.6) is 0 Å². The fraction of sp³-hybridized carbons (Fsp3) is 0.318. The zero-order valence-electron chi connectivity index (χ0n) is 15.4.